The summed E-state index contributed by atoms with van der Waals surface area (Å²) < 4.78 is 10.7. The van der Waals surface area contributed by atoms with Gasteiger partial charge in [-0.2, -0.15) is 0 Å². The third-order valence-corrected chi connectivity index (χ3v) is 3.87. The number of hydrogen-bond donors (Lipinski definition) is 0. The van der Waals surface area contributed by atoms with Crippen LogP contribution in [0.3, 0.4) is 0 Å². The molecule has 9 nitrogen and oxygen atoms in total. The van der Waals surface area contributed by atoms with E-state index in [0.717, 1.165) is 0 Å². The van der Waals surface area contributed by atoms with E-state index in [9.17, 15) is 14.9 Å². The van der Waals surface area contributed by atoms with Gasteiger partial charge in [0, 0.05) is 42.8 Å². The highest BCUT2D eigenvalue weighted by atomic mass is 16.6. The molecule has 3 rings (SSSR count). The molecule has 9 heteroatoms. The van der Waals surface area contributed by atoms with Gasteiger partial charge in [0.05, 0.1) is 18.6 Å². The highest BCUT2D eigenvalue weighted by Gasteiger charge is 2.28. The van der Waals surface area contributed by atoms with Crippen molar-refractivity contribution in [3.63, 3.8) is 0 Å². The number of nitro groups is 1. The molecule has 1 aliphatic rings. The van der Waals surface area contributed by atoms with Crippen LogP contribution in [0.15, 0.2) is 36.4 Å². The largest absolute Gasteiger partial charge is 0.480 e. The lowest BCUT2D eigenvalue weighted by molar-refractivity contribution is -0.384. The van der Waals surface area contributed by atoms with E-state index in [2.05, 4.69) is 10.2 Å². The number of hydrogen-bond acceptors (Lipinski definition) is 7. The van der Waals surface area contributed by atoms with E-state index in [-0.39, 0.29) is 17.7 Å². The number of methoxy groups -OCH3 is 1. The summed E-state index contributed by atoms with van der Waals surface area (Å²) >= 11 is 0. The summed E-state index contributed by atoms with van der Waals surface area (Å²) in [5, 5.41) is 18.4. The number of benzene rings is 1. The summed E-state index contributed by atoms with van der Waals surface area (Å²) in [6.07, 6.45) is 0.497. The third kappa shape index (κ3) is 3.82. The van der Waals surface area contributed by atoms with E-state index in [0.29, 0.717) is 36.8 Å². The molecule has 0 bridgehead atoms. The van der Waals surface area contributed by atoms with Crippen LogP contribution in [-0.2, 0) is 0 Å². The average Bonchev–Trinajstić information content (AvgIpc) is 3.10. The molecule has 1 fully saturated rings. The summed E-state index contributed by atoms with van der Waals surface area (Å²) in [6.45, 7) is 0.966. The van der Waals surface area contributed by atoms with Crippen molar-refractivity contribution >= 4 is 11.6 Å². The van der Waals surface area contributed by atoms with Crippen LogP contribution in [0.25, 0.3) is 0 Å². The molecule has 0 spiro atoms. The maximum absolute atomic E-state index is 12.5. The molecule has 1 unspecified atom stereocenters. The second-order valence-corrected chi connectivity index (χ2v) is 5.50. The van der Waals surface area contributed by atoms with E-state index in [4.69, 9.17) is 9.47 Å². The van der Waals surface area contributed by atoms with Gasteiger partial charge in [0.2, 0.25) is 11.8 Å². The molecular weight excluding hydrogens is 328 g/mol. The van der Waals surface area contributed by atoms with Gasteiger partial charge in [-0.3, -0.25) is 14.9 Å². The van der Waals surface area contributed by atoms with Crippen LogP contribution in [0, 0.1) is 10.1 Å². The number of nitrogens with zero attached hydrogens (tertiary/aromatic N) is 4. The van der Waals surface area contributed by atoms with Crippen molar-refractivity contribution in [1.29, 1.82) is 0 Å². The van der Waals surface area contributed by atoms with Gasteiger partial charge in [-0.05, 0) is 12.1 Å². The molecule has 0 N–H and O–H groups in total. The molecule has 1 saturated heterocycles. The minimum Gasteiger partial charge on any atom is -0.480 e. The Hall–Kier alpha value is -3.23. The zero-order chi connectivity index (χ0) is 17.8. The Balaban J connectivity index is 1.59. The molecule has 1 amide bonds. The number of likely N-dealkylation sites (tertiary alicyclic amines) is 1. The molecule has 1 aromatic heterocycles. The van der Waals surface area contributed by atoms with Crippen molar-refractivity contribution in [2.24, 2.45) is 0 Å². The van der Waals surface area contributed by atoms with Crippen molar-refractivity contribution < 1.29 is 19.2 Å². The van der Waals surface area contributed by atoms with E-state index < -0.39 is 4.92 Å². The minimum absolute atomic E-state index is 0.0442. The first-order valence-electron chi connectivity index (χ1n) is 7.65. The number of amides is 1. The van der Waals surface area contributed by atoms with Crippen molar-refractivity contribution in [1.82, 2.24) is 15.1 Å². The average molecular weight is 344 g/mol. The van der Waals surface area contributed by atoms with Crippen LogP contribution in [0.1, 0.15) is 16.8 Å². The zero-order valence-electron chi connectivity index (χ0n) is 13.5. The first-order chi connectivity index (χ1) is 12.1. The Morgan fingerprint density at radius 3 is 2.48 bits per heavy atom. The predicted molar refractivity (Wildman–Crippen MR) is 86.6 cm³/mol. The Labute approximate surface area is 143 Å². The Morgan fingerprint density at radius 2 is 1.88 bits per heavy atom. The van der Waals surface area contributed by atoms with Gasteiger partial charge in [0.1, 0.15) is 6.10 Å². The van der Waals surface area contributed by atoms with Crippen molar-refractivity contribution in [3.8, 4) is 11.8 Å². The summed E-state index contributed by atoms with van der Waals surface area (Å²) in [5.74, 6) is 0.589. The van der Waals surface area contributed by atoms with Crippen molar-refractivity contribution in [2.45, 2.75) is 12.5 Å². The van der Waals surface area contributed by atoms with Crippen LogP contribution in [0.5, 0.6) is 11.8 Å². The molecule has 0 radical (unpaired) electrons. The van der Waals surface area contributed by atoms with Gasteiger partial charge in [0.15, 0.2) is 0 Å². The number of aromatic nitrogens is 2. The van der Waals surface area contributed by atoms with Crippen LogP contribution in [-0.4, -0.2) is 52.2 Å². The lowest BCUT2D eigenvalue weighted by Gasteiger charge is -2.17. The molecule has 1 aromatic carbocycles. The number of non-ortho nitro benzene ring substituents is 1. The van der Waals surface area contributed by atoms with Crippen LogP contribution >= 0.6 is 0 Å². The molecule has 0 saturated carbocycles. The third-order valence-electron chi connectivity index (χ3n) is 3.87. The lowest BCUT2D eigenvalue weighted by Crippen LogP contribution is -2.31. The number of ether oxygens (including phenoxy) is 2. The summed E-state index contributed by atoms with van der Waals surface area (Å²) in [6, 6.07) is 8.88. The van der Waals surface area contributed by atoms with Gasteiger partial charge < -0.3 is 14.4 Å². The molecule has 1 aliphatic heterocycles. The van der Waals surface area contributed by atoms with Crippen LogP contribution in [0.2, 0.25) is 0 Å². The van der Waals surface area contributed by atoms with Gasteiger partial charge in [0.25, 0.3) is 11.6 Å². The summed E-state index contributed by atoms with van der Waals surface area (Å²) in [5.41, 5.74) is 0.368. The van der Waals surface area contributed by atoms with E-state index in [1.165, 1.54) is 31.4 Å². The van der Waals surface area contributed by atoms with Gasteiger partial charge >= 0.3 is 0 Å². The predicted octanol–water partition coefficient (Wildman–Crippen LogP) is 1.69. The molecule has 2 aromatic rings. The molecule has 1 atom stereocenters. The highest BCUT2D eigenvalue weighted by molar-refractivity contribution is 5.94. The molecule has 130 valence electrons. The molecular formula is C16H16N4O5. The Bertz CT molecular complexity index is 763. The maximum atomic E-state index is 12.5. The monoisotopic (exact) mass is 344 g/mol. The fourth-order valence-electron chi connectivity index (χ4n) is 2.57. The van der Waals surface area contributed by atoms with Crippen molar-refractivity contribution in [3.05, 3.63) is 52.1 Å². The lowest BCUT2D eigenvalue weighted by atomic mass is 10.2. The standard InChI is InChI=1S/C16H16N4O5/c1-24-14-6-7-15(18-17-14)25-13-8-9-19(10-13)16(21)11-2-4-12(5-3-11)20(22)23/h2-7,13H,8-10H2,1H3. The normalized spacial score (nSPS) is 16.5. The van der Waals surface area contributed by atoms with Gasteiger partial charge in [-0.15, -0.1) is 10.2 Å². The maximum Gasteiger partial charge on any atom is 0.269 e. The first kappa shape index (κ1) is 16.6. The summed E-state index contributed by atoms with van der Waals surface area (Å²) in [7, 11) is 1.50. The summed E-state index contributed by atoms with van der Waals surface area (Å²) in [4.78, 5) is 24.3. The van der Waals surface area contributed by atoms with Crippen LogP contribution < -0.4 is 9.47 Å². The van der Waals surface area contributed by atoms with Gasteiger partial charge in [-0.25, -0.2) is 0 Å². The zero-order valence-corrected chi connectivity index (χ0v) is 13.5. The quantitative estimate of drug-likeness (QED) is 0.600. The minimum atomic E-state index is -0.496. The number of rotatable bonds is 5. The topological polar surface area (TPSA) is 108 Å². The molecule has 2 heterocycles. The molecule has 25 heavy (non-hydrogen) atoms. The van der Waals surface area contributed by atoms with Crippen LogP contribution in [0.4, 0.5) is 5.69 Å². The van der Waals surface area contributed by atoms with Crippen molar-refractivity contribution in [2.75, 3.05) is 20.2 Å². The van der Waals surface area contributed by atoms with E-state index in [1.807, 2.05) is 0 Å². The highest BCUT2D eigenvalue weighted by Crippen LogP contribution is 2.20. The Kier molecular flexibility index (Phi) is 4.73. The van der Waals surface area contributed by atoms with Gasteiger partial charge in [-0.1, -0.05) is 0 Å². The number of nitro benzene ring substituents is 1. The van der Waals surface area contributed by atoms with E-state index in [1.54, 1.807) is 17.0 Å². The second kappa shape index (κ2) is 7.12. The number of carbonyl (C=O) groups excluding carboxylic acids is 1. The van der Waals surface area contributed by atoms with E-state index >= 15 is 0 Å². The molecule has 0 aliphatic carbocycles. The first-order valence-corrected chi connectivity index (χ1v) is 7.65. The fourth-order valence-corrected chi connectivity index (χ4v) is 2.57. The fraction of sp³-hybridized carbons (Fsp3) is 0.312. The SMILES string of the molecule is COc1ccc(OC2CCN(C(=O)c3ccc([N+](=O)[O-])cc3)C2)nn1. The Morgan fingerprint density at radius 1 is 1.20 bits per heavy atom. The second-order valence-electron chi connectivity index (χ2n) is 5.50. The smallest absolute Gasteiger partial charge is 0.269 e. The number of carbonyl (C=O) groups is 1.